The molecule has 0 aliphatic carbocycles. The molecule has 0 unspecified atom stereocenters. The molecule has 7 nitrogen and oxygen atoms in total. The number of imidazole rings is 1. The smallest absolute Gasteiger partial charge is 0.255 e. The molecule has 1 N–H and O–H groups in total. The fourth-order valence-electron chi connectivity index (χ4n) is 2.41. The highest BCUT2D eigenvalue weighted by atomic mass is 16.5. The Morgan fingerprint density at radius 1 is 1.20 bits per heavy atom. The van der Waals surface area contributed by atoms with Gasteiger partial charge in [-0.1, -0.05) is 12.1 Å². The molecule has 3 aromatic rings. The number of amides is 1. The van der Waals surface area contributed by atoms with E-state index in [-0.39, 0.29) is 5.91 Å². The van der Waals surface area contributed by atoms with Crippen LogP contribution in [0.2, 0.25) is 0 Å². The molecule has 0 bridgehead atoms. The maximum absolute atomic E-state index is 12.4. The van der Waals surface area contributed by atoms with E-state index in [2.05, 4.69) is 15.3 Å². The van der Waals surface area contributed by atoms with Crippen LogP contribution in [0.1, 0.15) is 15.9 Å². The maximum atomic E-state index is 12.4. The number of aromatic nitrogens is 3. The zero-order valence-corrected chi connectivity index (χ0v) is 14.0. The molecule has 3 rings (SSSR count). The van der Waals surface area contributed by atoms with E-state index in [9.17, 15) is 4.79 Å². The third kappa shape index (κ3) is 3.60. The minimum absolute atomic E-state index is 0.241. The van der Waals surface area contributed by atoms with Gasteiger partial charge in [-0.05, 0) is 23.8 Å². The van der Waals surface area contributed by atoms with Gasteiger partial charge in [0.05, 0.1) is 19.8 Å². The normalized spacial score (nSPS) is 10.3. The van der Waals surface area contributed by atoms with Gasteiger partial charge in [0.25, 0.3) is 5.91 Å². The summed E-state index contributed by atoms with van der Waals surface area (Å²) in [6.45, 7) is 0.358. The highest BCUT2D eigenvalue weighted by Gasteiger charge is 2.16. The number of hydrogen-bond acceptors (Lipinski definition) is 5. The first-order valence-electron chi connectivity index (χ1n) is 7.65. The summed E-state index contributed by atoms with van der Waals surface area (Å²) in [6.07, 6.45) is 6.91. The van der Waals surface area contributed by atoms with Crippen molar-refractivity contribution in [3.05, 3.63) is 66.4 Å². The molecule has 1 aromatic carbocycles. The average Bonchev–Trinajstić information content (AvgIpc) is 3.20. The van der Waals surface area contributed by atoms with Crippen molar-refractivity contribution < 1.29 is 14.3 Å². The quantitative estimate of drug-likeness (QED) is 0.745. The van der Waals surface area contributed by atoms with Gasteiger partial charge in [-0.2, -0.15) is 0 Å². The van der Waals surface area contributed by atoms with E-state index in [0.717, 1.165) is 11.4 Å². The van der Waals surface area contributed by atoms with E-state index in [1.807, 2.05) is 22.9 Å². The number of nitrogens with one attached hydrogen (secondary N) is 1. The van der Waals surface area contributed by atoms with Crippen molar-refractivity contribution in [3.8, 4) is 17.3 Å². The topological polar surface area (TPSA) is 78.3 Å². The molecule has 0 spiro atoms. The van der Waals surface area contributed by atoms with Gasteiger partial charge >= 0.3 is 0 Å². The number of nitrogens with zero attached hydrogens (tertiary/aromatic N) is 3. The molecular weight excluding hydrogens is 320 g/mol. The Kier molecular flexibility index (Phi) is 4.94. The largest absolute Gasteiger partial charge is 0.493 e. The van der Waals surface area contributed by atoms with Crippen LogP contribution in [-0.4, -0.2) is 34.7 Å². The Balaban J connectivity index is 1.68. The molecular formula is C18H18N4O3. The second-order valence-corrected chi connectivity index (χ2v) is 5.22. The molecule has 25 heavy (non-hydrogen) atoms. The van der Waals surface area contributed by atoms with Gasteiger partial charge in [0.15, 0.2) is 11.5 Å². The van der Waals surface area contributed by atoms with Crippen molar-refractivity contribution in [1.82, 2.24) is 19.9 Å². The van der Waals surface area contributed by atoms with Crippen LogP contribution in [0.25, 0.3) is 5.82 Å². The number of carbonyl (C=O) groups excluding carboxylic acids is 1. The summed E-state index contributed by atoms with van der Waals surface area (Å²) in [5.41, 5.74) is 1.31. The highest BCUT2D eigenvalue weighted by molar-refractivity contribution is 5.97. The van der Waals surface area contributed by atoms with Crippen molar-refractivity contribution in [2.24, 2.45) is 0 Å². The lowest BCUT2D eigenvalue weighted by Crippen LogP contribution is -2.23. The molecule has 0 saturated carbocycles. The van der Waals surface area contributed by atoms with Gasteiger partial charge < -0.3 is 14.8 Å². The SMILES string of the molecule is COc1cccc(C(=O)NCc2ccc(-n3ccnc3)nc2)c1OC. The summed E-state index contributed by atoms with van der Waals surface area (Å²) in [4.78, 5) is 20.8. The van der Waals surface area contributed by atoms with Crippen molar-refractivity contribution in [1.29, 1.82) is 0 Å². The zero-order valence-electron chi connectivity index (χ0n) is 14.0. The van der Waals surface area contributed by atoms with E-state index >= 15 is 0 Å². The van der Waals surface area contributed by atoms with Crippen molar-refractivity contribution in [3.63, 3.8) is 0 Å². The van der Waals surface area contributed by atoms with E-state index in [1.165, 1.54) is 14.2 Å². The van der Waals surface area contributed by atoms with Crippen LogP contribution in [0, 0.1) is 0 Å². The molecule has 2 heterocycles. The van der Waals surface area contributed by atoms with Gasteiger partial charge in [-0.3, -0.25) is 9.36 Å². The molecule has 1 amide bonds. The minimum Gasteiger partial charge on any atom is -0.493 e. The van der Waals surface area contributed by atoms with Crippen molar-refractivity contribution >= 4 is 5.91 Å². The fourth-order valence-corrected chi connectivity index (χ4v) is 2.41. The second kappa shape index (κ2) is 7.48. The summed E-state index contributed by atoms with van der Waals surface area (Å²) < 4.78 is 12.3. The van der Waals surface area contributed by atoms with E-state index in [4.69, 9.17) is 9.47 Å². The molecule has 7 heteroatoms. The number of hydrogen-bond donors (Lipinski definition) is 1. The monoisotopic (exact) mass is 338 g/mol. The first kappa shape index (κ1) is 16.5. The molecule has 0 fully saturated rings. The van der Waals surface area contributed by atoms with Crippen LogP contribution in [0.5, 0.6) is 11.5 Å². The van der Waals surface area contributed by atoms with Crippen LogP contribution in [0.3, 0.4) is 0 Å². The number of methoxy groups -OCH3 is 2. The average molecular weight is 338 g/mol. The second-order valence-electron chi connectivity index (χ2n) is 5.22. The number of para-hydroxylation sites is 1. The highest BCUT2D eigenvalue weighted by Crippen LogP contribution is 2.30. The summed E-state index contributed by atoms with van der Waals surface area (Å²) >= 11 is 0. The molecule has 0 atom stereocenters. The third-order valence-electron chi connectivity index (χ3n) is 3.68. The zero-order chi connectivity index (χ0) is 17.6. The summed E-state index contributed by atoms with van der Waals surface area (Å²) in [7, 11) is 3.04. The molecule has 2 aromatic heterocycles. The summed E-state index contributed by atoms with van der Waals surface area (Å²) in [5, 5.41) is 2.86. The van der Waals surface area contributed by atoms with Crippen LogP contribution < -0.4 is 14.8 Å². The van der Waals surface area contributed by atoms with Crippen LogP contribution in [-0.2, 0) is 6.54 Å². The molecule has 128 valence electrons. The van der Waals surface area contributed by atoms with E-state index in [0.29, 0.717) is 23.6 Å². The van der Waals surface area contributed by atoms with Gasteiger partial charge in [0, 0.05) is 25.1 Å². The lowest BCUT2D eigenvalue weighted by atomic mass is 10.1. The van der Waals surface area contributed by atoms with Crippen molar-refractivity contribution in [2.75, 3.05) is 14.2 Å². The first-order chi connectivity index (χ1) is 12.2. The first-order valence-corrected chi connectivity index (χ1v) is 7.65. The van der Waals surface area contributed by atoms with Gasteiger partial charge in [0.1, 0.15) is 12.1 Å². The third-order valence-corrected chi connectivity index (χ3v) is 3.68. The lowest BCUT2D eigenvalue weighted by molar-refractivity contribution is 0.0947. The Labute approximate surface area is 145 Å². The van der Waals surface area contributed by atoms with Gasteiger partial charge in [0.2, 0.25) is 0 Å². The standard InChI is InChI=1S/C18H18N4O3/c1-24-15-5-3-4-14(17(15)25-2)18(23)21-11-13-6-7-16(20-10-13)22-9-8-19-12-22/h3-10,12H,11H2,1-2H3,(H,21,23). The molecule has 0 saturated heterocycles. The Bertz CT molecular complexity index is 845. The number of ether oxygens (including phenoxy) is 2. The van der Waals surface area contributed by atoms with Crippen LogP contribution >= 0.6 is 0 Å². The molecule has 0 aliphatic heterocycles. The predicted molar refractivity (Wildman–Crippen MR) is 92.1 cm³/mol. The van der Waals surface area contributed by atoms with Crippen LogP contribution in [0.15, 0.2) is 55.2 Å². The number of benzene rings is 1. The van der Waals surface area contributed by atoms with E-state index < -0.39 is 0 Å². The van der Waals surface area contributed by atoms with Gasteiger partial charge in [-0.25, -0.2) is 9.97 Å². The minimum atomic E-state index is -0.241. The number of rotatable bonds is 6. The van der Waals surface area contributed by atoms with E-state index in [1.54, 1.807) is 36.9 Å². The molecule has 0 radical (unpaired) electrons. The number of carbonyl (C=O) groups is 1. The summed E-state index contributed by atoms with van der Waals surface area (Å²) in [6, 6.07) is 8.96. The van der Waals surface area contributed by atoms with Crippen molar-refractivity contribution in [2.45, 2.75) is 6.54 Å². The lowest BCUT2D eigenvalue weighted by Gasteiger charge is -2.12. The van der Waals surface area contributed by atoms with Gasteiger partial charge in [-0.15, -0.1) is 0 Å². The Morgan fingerprint density at radius 3 is 2.72 bits per heavy atom. The Morgan fingerprint density at radius 2 is 2.08 bits per heavy atom. The molecule has 0 aliphatic rings. The number of pyridine rings is 1. The summed E-state index contributed by atoms with van der Waals surface area (Å²) in [5.74, 6) is 1.45. The maximum Gasteiger partial charge on any atom is 0.255 e. The predicted octanol–water partition coefficient (Wildman–Crippen LogP) is 2.21. The van der Waals surface area contributed by atoms with Crippen LogP contribution in [0.4, 0.5) is 0 Å². The fraction of sp³-hybridized carbons (Fsp3) is 0.167. The Hall–Kier alpha value is -3.35.